The van der Waals surface area contributed by atoms with E-state index >= 15 is 0 Å². The number of hydrogen-bond donors (Lipinski definition) is 2. The fourth-order valence-corrected chi connectivity index (χ4v) is 9.31. The summed E-state index contributed by atoms with van der Waals surface area (Å²) in [5, 5.41) is 21.4. The van der Waals surface area contributed by atoms with E-state index in [9.17, 15) is 0 Å². The van der Waals surface area contributed by atoms with E-state index in [1.807, 2.05) is 115 Å². The van der Waals surface area contributed by atoms with Gasteiger partial charge in [-0.2, -0.15) is 0 Å². The number of carboxylic acids is 2. The first kappa shape index (κ1) is 53.7. The molecule has 0 saturated carbocycles. The van der Waals surface area contributed by atoms with E-state index in [4.69, 9.17) is 39.2 Å². The second-order valence-electron chi connectivity index (χ2n) is 17.5. The molecule has 0 radical (unpaired) electrons. The van der Waals surface area contributed by atoms with E-state index in [2.05, 4.69) is 122 Å². The third kappa shape index (κ3) is 11.2. The predicted molar refractivity (Wildman–Crippen MR) is 299 cm³/mol. The second-order valence-corrected chi connectivity index (χ2v) is 17.5. The number of ether oxygens (including phenoxy) is 2. The molecule has 2 N–H and O–H groups in total. The molecule has 0 saturated heterocycles. The van der Waals surface area contributed by atoms with Crippen LogP contribution < -0.4 is 9.47 Å². The quantitative estimate of drug-likeness (QED) is 0.0934. The Hall–Kier alpha value is -9.14. The van der Waals surface area contributed by atoms with Crippen LogP contribution in [0.4, 0.5) is 0 Å². The van der Waals surface area contributed by atoms with Crippen LogP contribution in [0.5, 0.6) is 23.0 Å². The molecule has 0 amide bonds. The molecule has 6 aromatic heterocycles. The summed E-state index contributed by atoms with van der Waals surface area (Å²) in [7, 11) is 0. The van der Waals surface area contributed by atoms with Crippen molar-refractivity contribution in [3.05, 3.63) is 231 Å². The Morgan fingerprint density at radius 3 is 1.60 bits per heavy atom. The Kier molecular flexibility index (Phi) is 16.4. The van der Waals surface area contributed by atoms with Crippen molar-refractivity contribution in [3.63, 3.8) is 0 Å². The first-order chi connectivity index (χ1) is 37.2. The number of hydrogen-bond acceptors (Lipinski definition) is 8. The average Bonchev–Trinajstić information content (AvgIpc) is 4.11. The van der Waals surface area contributed by atoms with Gasteiger partial charge in [0.1, 0.15) is 17.1 Å². The van der Waals surface area contributed by atoms with Gasteiger partial charge in [-0.3, -0.25) is 24.0 Å². The van der Waals surface area contributed by atoms with Crippen molar-refractivity contribution in [2.45, 2.75) is 13.8 Å². The molecule has 0 fully saturated rings. The molecule has 386 valence electrons. The summed E-state index contributed by atoms with van der Waals surface area (Å²) in [5.41, 5.74) is 11.9. The number of carboxylic acid groups (broad SMARTS) is 2. The molecule has 0 aliphatic heterocycles. The van der Waals surface area contributed by atoms with Crippen LogP contribution >= 0.6 is 0 Å². The Bertz CT molecular complexity index is 4180. The van der Waals surface area contributed by atoms with Crippen LogP contribution in [0.1, 0.15) is 13.8 Å². The SMILES string of the molecule is CC(=O)O.CC(=O)O.[Pd+2].[Pd].[c-]1c(Oc2[c-]c3c(cc2)c2ccccc2n2c4ccccc4nc32)cccc1-c1ccccn1.c1ccc(-c2cccc(Oc3ccc4c5ccccc5n5c6ccccc6nc5c4c3)c2)nc1. The van der Waals surface area contributed by atoms with E-state index in [1.165, 1.54) is 5.39 Å². The molecule has 0 atom stereocenters. The van der Waals surface area contributed by atoms with Gasteiger partial charge in [0.05, 0.1) is 38.9 Å². The fourth-order valence-electron chi connectivity index (χ4n) is 9.31. The molecule has 14 aromatic rings. The van der Waals surface area contributed by atoms with Gasteiger partial charge in [-0.15, -0.1) is 29.8 Å². The number of aliphatic carboxylic acids is 2. The van der Waals surface area contributed by atoms with E-state index in [1.54, 1.807) is 12.4 Å². The maximum Gasteiger partial charge on any atom is 2.00 e. The van der Waals surface area contributed by atoms with Gasteiger partial charge in [0.25, 0.3) is 11.9 Å². The van der Waals surface area contributed by atoms with Gasteiger partial charge in [0, 0.05) is 80.0 Å². The monoisotopic (exact) mass is 1200 g/mol. The minimum Gasteiger partial charge on any atom is -0.497 e. The molecule has 0 spiro atoms. The number of pyridine rings is 4. The van der Waals surface area contributed by atoms with E-state index in [-0.39, 0.29) is 40.8 Å². The minimum atomic E-state index is -0.833. The zero-order chi connectivity index (χ0) is 52.1. The van der Waals surface area contributed by atoms with Crippen molar-refractivity contribution >= 4 is 88.7 Å². The summed E-state index contributed by atoms with van der Waals surface area (Å²) in [6, 6.07) is 76.1. The smallest absolute Gasteiger partial charge is 0.497 e. The van der Waals surface area contributed by atoms with Crippen LogP contribution in [0.3, 0.4) is 0 Å². The number of benzene rings is 8. The molecule has 14 heteroatoms. The van der Waals surface area contributed by atoms with Gasteiger partial charge in [-0.1, -0.05) is 120 Å². The van der Waals surface area contributed by atoms with Crippen molar-refractivity contribution < 1.29 is 70.1 Å². The molecular formula is C64H44N6O6Pd2. The van der Waals surface area contributed by atoms with Crippen molar-refractivity contribution in [1.29, 1.82) is 0 Å². The number of fused-ring (bicyclic) bond motifs is 16. The number of nitrogens with zero attached hydrogens (tertiary/aromatic N) is 6. The first-order valence-electron chi connectivity index (χ1n) is 24.2. The van der Waals surface area contributed by atoms with Gasteiger partial charge in [0.15, 0.2) is 0 Å². The van der Waals surface area contributed by atoms with Gasteiger partial charge in [0.2, 0.25) is 0 Å². The van der Waals surface area contributed by atoms with Crippen LogP contribution in [0.2, 0.25) is 0 Å². The van der Waals surface area contributed by atoms with Crippen LogP contribution in [0, 0.1) is 12.1 Å². The zero-order valence-electron chi connectivity index (χ0n) is 41.6. The maximum atomic E-state index is 9.00. The molecule has 78 heavy (non-hydrogen) atoms. The van der Waals surface area contributed by atoms with E-state index < -0.39 is 11.9 Å². The summed E-state index contributed by atoms with van der Waals surface area (Å²) in [5.74, 6) is 1.11. The molecule has 14 rings (SSSR count). The van der Waals surface area contributed by atoms with Crippen molar-refractivity contribution in [3.8, 4) is 45.5 Å². The topological polar surface area (TPSA) is 153 Å². The number of aromatic nitrogens is 6. The molecule has 12 nitrogen and oxygen atoms in total. The van der Waals surface area contributed by atoms with Crippen molar-refractivity contribution in [2.75, 3.05) is 0 Å². The molecule has 0 aliphatic rings. The van der Waals surface area contributed by atoms with Gasteiger partial charge in [-0.05, 0) is 101 Å². The third-order valence-corrected chi connectivity index (χ3v) is 12.3. The zero-order valence-corrected chi connectivity index (χ0v) is 44.7. The Morgan fingerprint density at radius 2 is 0.962 bits per heavy atom. The van der Waals surface area contributed by atoms with E-state index in [0.717, 1.165) is 119 Å². The Balaban J connectivity index is 0.000000163. The number of rotatable bonds is 6. The maximum absolute atomic E-state index is 9.00. The van der Waals surface area contributed by atoms with Crippen LogP contribution in [-0.2, 0) is 50.4 Å². The van der Waals surface area contributed by atoms with Crippen LogP contribution in [0.15, 0.2) is 219 Å². The summed E-state index contributed by atoms with van der Waals surface area (Å²) >= 11 is 0. The second kappa shape index (κ2) is 23.8. The number of carbonyl (C=O) groups is 2. The van der Waals surface area contributed by atoms with Gasteiger partial charge in [-0.25, -0.2) is 4.98 Å². The molecule has 6 heterocycles. The predicted octanol–water partition coefficient (Wildman–Crippen LogP) is 15.1. The summed E-state index contributed by atoms with van der Waals surface area (Å²) in [4.78, 5) is 36.8. The normalized spacial score (nSPS) is 10.7. The van der Waals surface area contributed by atoms with Gasteiger partial charge >= 0.3 is 20.4 Å². The molecule has 8 aromatic carbocycles. The molecule has 0 unspecified atom stereocenters. The summed E-state index contributed by atoms with van der Waals surface area (Å²) in [6.45, 7) is 2.17. The van der Waals surface area contributed by atoms with Crippen LogP contribution in [-0.4, -0.2) is 50.9 Å². The summed E-state index contributed by atoms with van der Waals surface area (Å²) in [6.07, 6.45) is 3.58. The van der Waals surface area contributed by atoms with Crippen molar-refractivity contribution in [1.82, 2.24) is 28.7 Å². The van der Waals surface area contributed by atoms with Crippen molar-refractivity contribution in [2.24, 2.45) is 0 Å². The first-order valence-corrected chi connectivity index (χ1v) is 24.2. The number of imidazole rings is 2. The largest absolute Gasteiger partial charge is 2.00 e. The van der Waals surface area contributed by atoms with Crippen LogP contribution in [0.25, 0.3) is 99.2 Å². The average molecular weight is 1210 g/mol. The molecule has 0 bridgehead atoms. The Labute approximate surface area is 474 Å². The van der Waals surface area contributed by atoms with Gasteiger partial charge < -0.3 is 29.1 Å². The standard InChI is InChI=1S/C30H19N3O.C30H17N3O.2C2H4O2.2Pd/c2*1-3-13-28-24(10-1)23-16-15-22(19-25(23)30-32-27-12-2-4-14-29(27)33(28)30)34-21-9-7-8-20(18-21)26-11-5-6-17-31-26;2*1-2(3)4;;/h1-19H;1-17H;2*1H3,(H,3,4);;/q;-2;;;;+2. The molecular weight excluding hydrogens is 1160 g/mol. The Morgan fingerprint density at radius 1 is 0.449 bits per heavy atom. The summed E-state index contributed by atoms with van der Waals surface area (Å²) < 4.78 is 17.0. The van der Waals surface area contributed by atoms with E-state index in [0.29, 0.717) is 11.5 Å². The third-order valence-electron chi connectivity index (χ3n) is 12.3. The number of para-hydroxylation sites is 6. The fraction of sp³-hybridized carbons (Fsp3) is 0.0312. The molecule has 0 aliphatic carbocycles. The minimum absolute atomic E-state index is 0.